The van der Waals surface area contributed by atoms with Gasteiger partial charge in [0, 0.05) is 24.5 Å². The Hall–Kier alpha value is -2.68. The molecule has 1 heterocycles. The van der Waals surface area contributed by atoms with Gasteiger partial charge in [0.25, 0.3) is 0 Å². The number of nitrogens with one attached hydrogen (secondary N) is 2. The van der Waals surface area contributed by atoms with Crippen LogP contribution in [0.25, 0.3) is 11.0 Å². The van der Waals surface area contributed by atoms with Crippen LogP contribution in [-0.2, 0) is 14.8 Å². The van der Waals surface area contributed by atoms with Crippen LogP contribution in [0.1, 0.15) is 25.2 Å². The van der Waals surface area contributed by atoms with Crippen molar-refractivity contribution in [3.63, 3.8) is 0 Å². The summed E-state index contributed by atoms with van der Waals surface area (Å²) in [5.41, 5.74) is 1.19. The Morgan fingerprint density at radius 2 is 1.85 bits per heavy atom. The number of rotatable bonds is 7. The zero-order chi connectivity index (χ0) is 19.4. The minimum Gasteiger partial charge on any atom is -0.458 e. The smallest absolute Gasteiger partial charge is 0.240 e. The summed E-state index contributed by atoms with van der Waals surface area (Å²) in [4.78, 5) is 11.1. The van der Waals surface area contributed by atoms with Gasteiger partial charge >= 0.3 is 0 Å². The van der Waals surface area contributed by atoms with E-state index in [0.717, 1.165) is 5.39 Å². The van der Waals surface area contributed by atoms with E-state index in [1.807, 2.05) is 18.2 Å². The molecule has 3 rings (SSSR count). The second-order valence-electron chi connectivity index (χ2n) is 6.09. The Labute approximate surface area is 157 Å². The Morgan fingerprint density at radius 3 is 2.52 bits per heavy atom. The second kappa shape index (κ2) is 7.91. The number of hydrogen-bond acceptors (Lipinski definition) is 5. The van der Waals surface area contributed by atoms with Crippen molar-refractivity contribution in [2.24, 2.45) is 0 Å². The normalized spacial score (nSPS) is 12.8. The fraction of sp³-hybridized carbons (Fsp3) is 0.211. The van der Waals surface area contributed by atoms with Crippen molar-refractivity contribution in [1.82, 2.24) is 4.72 Å². The van der Waals surface area contributed by atoms with Gasteiger partial charge in [-0.15, -0.1) is 0 Å². The summed E-state index contributed by atoms with van der Waals surface area (Å²) >= 11 is 0. The standard InChI is InChI=1S/C19H20N2O5S/c1-13(22)21-15-6-8-16(9-7-15)27(24,25)20-11-10-17(23)19-12-14-4-2-3-5-18(14)26-19/h2-9,12,17,20,23H,10-11H2,1H3,(H,21,22). The van der Waals surface area contributed by atoms with Crippen LogP contribution in [0.15, 0.2) is 63.9 Å². The zero-order valence-electron chi connectivity index (χ0n) is 14.7. The average Bonchev–Trinajstić information content (AvgIpc) is 3.06. The molecule has 0 aliphatic rings. The molecule has 8 heteroatoms. The van der Waals surface area contributed by atoms with Crippen molar-refractivity contribution in [3.05, 3.63) is 60.4 Å². The predicted molar refractivity (Wildman–Crippen MR) is 102 cm³/mol. The Balaban J connectivity index is 1.59. The third kappa shape index (κ3) is 4.73. The lowest BCUT2D eigenvalue weighted by Crippen LogP contribution is -2.26. The van der Waals surface area contributed by atoms with E-state index in [0.29, 0.717) is 17.0 Å². The van der Waals surface area contributed by atoms with Gasteiger partial charge in [0.2, 0.25) is 15.9 Å². The number of sulfonamides is 1. The molecule has 0 radical (unpaired) electrons. The molecule has 0 aliphatic heterocycles. The highest BCUT2D eigenvalue weighted by Crippen LogP contribution is 2.25. The van der Waals surface area contributed by atoms with Gasteiger partial charge in [0.15, 0.2) is 0 Å². The van der Waals surface area contributed by atoms with Gasteiger partial charge in [-0.1, -0.05) is 18.2 Å². The van der Waals surface area contributed by atoms with E-state index in [1.54, 1.807) is 12.1 Å². The molecule has 0 saturated carbocycles. The van der Waals surface area contributed by atoms with Gasteiger partial charge in [-0.25, -0.2) is 13.1 Å². The summed E-state index contributed by atoms with van der Waals surface area (Å²) in [7, 11) is -3.71. The molecule has 1 unspecified atom stereocenters. The number of anilines is 1. The van der Waals surface area contributed by atoms with Crippen molar-refractivity contribution >= 4 is 32.6 Å². The summed E-state index contributed by atoms with van der Waals surface area (Å²) in [6, 6.07) is 15.0. The third-order valence-electron chi connectivity index (χ3n) is 3.97. The van der Waals surface area contributed by atoms with E-state index in [2.05, 4.69) is 10.0 Å². The molecule has 3 N–H and O–H groups in total. The summed E-state index contributed by atoms with van der Waals surface area (Å²) in [5, 5.41) is 13.7. The Bertz CT molecular complexity index is 1010. The van der Waals surface area contributed by atoms with E-state index in [4.69, 9.17) is 4.42 Å². The van der Waals surface area contributed by atoms with Gasteiger partial charge in [0.05, 0.1) is 4.90 Å². The highest BCUT2D eigenvalue weighted by molar-refractivity contribution is 7.89. The van der Waals surface area contributed by atoms with Gasteiger partial charge in [-0.2, -0.15) is 0 Å². The number of amides is 1. The molecule has 0 aliphatic carbocycles. The molecule has 0 bridgehead atoms. The van der Waals surface area contributed by atoms with E-state index in [9.17, 15) is 18.3 Å². The Morgan fingerprint density at radius 1 is 1.15 bits per heavy atom. The van der Waals surface area contributed by atoms with Crippen molar-refractivity contribution in [3.8, 4) is 0 Å². The topological polar surface area (TPSA) is 109 Å². The molecule has 142 valence electrons. The number of furan rings is 1. The molecular weight excluding hydrogens is 368 g/mol. The lowest BCUT2D eigenvalue weighted by molar-refractivity contribution is -0.114. The fourth-order valence-electron chi connectivity index (χ4n) is 2.64. The second-order valence-corrected chi connectivity index (χ2v) is 7.86. The first-order valence-electron chi connectivity index (χ1n) is 8.39. The molecule has 3 aromatic rings. The number of para-hydroxylation sites is 1. The average molecular weight is 388 g/mol. The first-order chi connectivity index (χ1) is 12.8. The minimum atomic E-state index is -3.71. The minimum absolute atomic E-state index is 0.0496. The number of fused-ring (bicyclic) bond motifs is 1. The quantitative estimate of drug-likeness (QED) is 0.577. The molecule has 1 atom stereocenters. The summed E-state index contributed by atoms with van der Waals surface area (Å²) < 4.78 is 32.7. The number of carbonyl (C=O) groups excluding carboxylic acids is 1. The van der Waals surface area contributed by atoms with Crippen LogP contribution in [0.3, 0.4) is 0 Å². The number of aliphatic hydroxyl groups is 1. The molecule has 0 spiro atoms. The monoisotopic (exact) mass is 388 g/mol. The fourth-order valence-corrected chi connectivity index (χ4v) is 3.69. The Kier molecular flexibility index (Phi) is 5.59. The van der Waals surface area contributed by atoms with Gasteiger partial charge < -0.3 is 14.8 Å². The molecule has 2 aromatic carbocycles. The van der Waals surface area contributed by atoms with Gasteiger partial charge in [-0.05, 0) is 42.8 Å². The molecule has 1 aromatic heterocycles. The lowest BCUT2D eigenvalue weighted by atomic mass is 10.2. The van der Waals surface area contributed by atoms with Crippen LogP contribution in [0.2, 0.25) is 0 Å². The molecule has 1 amide bonds. The van der Waals surface area contributed by atoms with E-state index in [-0.39, 0.29) is 23.8 Å². The van der Waals surface area contributed by atoms with Crippen LogP contribution in [0, 0.1) is 0 Å². The highest BCUT2D eigenvalue weighted by atomic mass is 32.2. The van der Waals surface area contributed by atoms with E-state index >= 15 is 0 Å². The van der Waals surface area contributed by atoms with Crippen LogP contribution in [-0.4, -0.2) is 26.0 Å². The van der Waals surface area contributed by atoms with Crippen LogP contribution < -0.4 is 10.0 Å². The first kappa shape index (κ1) is 19.1. The van der Waals surface area contributed by atoms with Gasteiger partial charge in [0.1, 0.15) is 17.4 Å². The largest absolute Gasteiger partial charge is 0.458 e. The van der Waals surface area contributed by atoms with E-state index in [1.165, 1.54) is 31.2 Å². The molecule has 0 fully saturated rings. The van der Waals surface area contributed by atoms with Crippen LogP contribution >= 0.6 is 0 Å². The summed E-state index contributed by atoms with van der Waals surface area (Å²) in [5.74, 6) is 0.165. The molecular formula is C19H20N2O5S. The molecule has 27 heavy (non-hydrogen) atoms. The maximum absolute atomic E-state index is 12.3. The predicted octanol–water partition coefficient (Wildman–Crippen LogP) is 2.79. The lowest BCUT2D eigenvalue weighted by Gasteiger charge is -2.10. The van der Waals surface area contributed by atoms with Gasteiger partial charge in [-0.3, -0.25) is 4.79 Å². The molecule has 0 saturated heterocycles. The summed E-state index contributed by atoms with van der Waals surface area (Å²) in [6.45, 7) is 1.42. The number of carbonyl (C=O) groups is 1. The molecule has 7 nitrogen and oxygen atoms in total. The maximum atomic E-state index is 12.3. The SMILES string of the molecule is CC(=O)Nc1ccc(S(=O)(=O)NCCC(O)c2cc3ccccc3o2)cc1. The van der Waals surface area contributed by atoms with Crippen molar-refractivity contribution in [2.75, 3.05) is 11.9 Å². The van der Waals surface area contributed by atoms with Crippen LogP contribution in [0.4, 0.5) is 5.69 Å². The summed E-state index contributed by atoms with van der Waals surface area (Å²) in [6.07, 6.45) is -0.745. The zero-order valence-corrected chi connectivity index (χ0v) is 15.5. The van der Waals surface area contributed by atoms with Crippen molar-refractivity contribution in [1.29, 1.82) is 0 Å². The third-order valence-corrected chi connectivity index (χ3v) is 5.44. The highest BCUT2D eigenvalue weighted by Gasteiger charge is 2.17. The maximum Gasteiger partial charge on any atom is 0.240 e. The van der Waals surface area contributed by atoms with Crippen molar-refractivity contribution < 1.29 is 22.7 Å². The van der Waals surface area contributed by atoms with E-state index < -0.39 is 16.1 Å². The first-order valence-corrected chi connectivity index (χ1v) is 9.87. The van der Waals surface area contributed by atoms with Crippen molar-refractivity contribution in [2.45, 2.75) is 24.3 Å². The number of aliphatic hydroxyl groups excluding tert-OH is 1. The number of hydrogen-bond donors (Lipinski definition) is 3. The number of benzene rings is 2. The van der Waals surface area contributed by atoms with Crippen LogP contribution in [0.5, 0.6) is 0 Å².